The van der Waals surface area contributed by atoms with E-state index in [0.29, 0.717) is 10.3 Å². The van der Waals surface area contributed by atoms with Gasteiger partial charge in [0.25, 0.3) is 0 Å². The number of hydrogen-bond donors (Lipinski definition) is 1. The van der Waals surface area contributed by atoms with Crippen LogP contribution in [0.15, 0.2) is 4.60 Å². The van der Waals surface area contributed by atoms with E-state index in [9.17, 15) is 4.79 Å². The van der Waals surface area contributed by atoms with Crippen LogP contribution in [0.4, 0.5) is 5.82 Å². The standard InChI is InChI=1S/C7H8BrN3O2.BrH/c1-3-5(8)11-4(6(9)10-3)7(12)13-2;/h1-2H3,(H2,9,10);1H. The van der Waals surface area contributed by atoms with Gasteiger partial charge in [0, 0.05) is 0 Å². The molecule has 1 aromatic rings. The molecule has 14 heavy (non-hydrogen) atoms. The molecule has 0 spiro atoms. The van der Waals surface area contributed by atoms with E-state index in [1.165, 1.54) is 7.11 Å². The van der Waals surface area contributed by atoms with Crippen molar-refractivity contribution in [2.45, 2.75) is 6.92 Å². The molecule has 0 fully saturated rings. The number of carbonyl (C=O) groups excluding carboxylic acids is 1. The van der Waals surface area contributed by atoms with E-state index in [1.54, 1.807) is 6.92 Å². The van der Waals surface area contributed by atoms with Crippen LogP contribution in [0, 0.1) is 6.92 Å². The Bertz CT molecular complexity index is 357. The molecule has 1 heterocycles. The summed E-state index contributed by atoms with van der Waals surface area (Å²) in [5.74, 6) is -0.516. The lowest BCUT2D eigenvalue weighted by molar-refractivity contribution is 0.0594. The zero-order chi connectivity index (χ0) is 10.0. The van der Waals surface area contributed by atoms with Crippen LogP contribution in [0.25, 0.3) is 0 Å². The predicted octanol–water partition coefficient (Wildman–Crippen LogP) is 1.49. The molecule has 7 heteroatoms. The largest absolute Gasteiger partial charge is 0.464 e. The molecule has 2 N–H and O–H groups in total. The van der Waals surface area contributed by atoms with Crippen LogP contribution >= 0.6 is 32.9 Å². The average Bonchev–Trinajstić information content (AvgIpc) is 2.10. The quantitative estimate of drug-likeness (QED) is 0.791. The van der Waals surface area contributed by atoms with Crippen molar-refractivity contribution < 1.29 is 9.53 Å². The summed E-state index contributed by atoms with van der Waals surface area (Å²) in [7, 11) is 1.26. The van der Waals surface area contributed by atoms with Gasteiger partial charge < -0.3 is 10.5 Å². The summed E-state index contributed by atoms with van der Waals surface area (Å²) in [6.07, 6.45) is 0. The Hall–Kier alpha value is -0.690. The van der Waals surface area contributed by atoms with Crippen LogP contribution in [-0.4, -0.2) is 23.0 Å². The molecule has 78 valence electrons. The highest BCUT2D eigenvalue weighted by Crippen LogP contribution is 2.15. The van der Waals surface area contributed by atoms with E-state index in [4.69, 9.17) is 5.73 Å². The molecule has 0 saturated heterocycles. The summed E-state index contributed by atoms with van der Waals surface area (Å²) in [5.41, 5.74) is 6.13. The second-order valence-corrected chi connectivity index (χ2v) is 3.08. The Labute approximate surface area is 100.0 Å². The maximum atomic E-state index is 11.1. The first-order chi connectivity index (χ1) is 6.06. The average molecular weight is 327 g/mol. The maximum absolute atomic E-state index is 11.1. The van der Waals surface area contributed by atoms with Gasteiger partial charge in [0.2, 0.25) is 0 Å². The van der Waals surface area contributed by atoms with Crippen molar-refractivity contribution in [2.24, 2.45) is 0 Å². The topological polar surface area (TPSA) is 78.1 Å². The number of carbonyl (C=O) groups is 1. The molecule has 0 aliphatic rings. The van der Waals surface area contributed by atoms with Gasteiger partial charge in [-0.25, -0.2) is 14.8 Å². The molecular formula is C7H9Br2N3O2. The van der Waals surface area contributed by atoms with Crippen LogP contribution in [-0.2, 0) is 4.74 Å². The molecule has 1 rings (SSSR count). The Morgan fingerprint density at radius 1 is 1.50 bits per heavy atom. The number of nitrogen functional groups attached to an aromatic ring is 1. The molecule has 0 saturated carbocycles. The van der Waals surface area contributed by atoms with Gasteiger partial charge in [0.15, 0.2) is 11.5 Å². The summed E-state index contributed by atoms with van der Waals surface area (Å²) in [5, 5.41) is 0. The van der Waals surface area contributed by atoms with Crippen LogP contribution < -0.4 is 5.73 Å². The van der Waals surface area contributed by atoms with Crippen molar-refractivity contribution in [1.82, 2.24) is 9.97 Å². The fraction of sp³-hybridized carbons (Fsp3) is 0.286. The van der Waals surface area contributed by atoms with Gasteiger partial charge in [-0.1, -0.05) is 0 Å². The molecule has 0 atom stereocenters. The summed E-state index contributed by atoms with van der Waals surface area (Å²) in [6, 6.07) is 0. The molecule has 0 unspecified atom stereocenters. The number of aryl methyl sites for hydroxylation is 1. The molecule has 1 aromatic heterocycles. The lowest BCUT2D eigenvalue weighted by Gasteiger charge is -2.03. The van der Waals surface area contributed by atoms with E-state index in [0.717, 1.165) is 0 Å². The monoisotopic (exact) mass is 325 g/mol. The van der Waals surface area contributed by atoms with Crippen LogP contribution in [0.2, 0.25) is 0 Å². The van der Waals surface area contributed by atoms with Crippen molar-refractivity contribution in [3.05, 3.63) is 16.0 Å². The second kappa shape index (κ2) is 5.26. The SMILES string of the molecule is Br.COC(=O)c1nc(Br)c(C)nc1N. The maximum Gasteiger partial charge on any atom is 0.360 e. The van der Waals surface area contributed by atoms with Crippen molar-refractivity contribution in [2.75, 3.05) is 12.8 Å². The molecule has 0 aliphatic heterocycles. The first-order valence-electron chi connectivity index (χ1n) is 3.44. The van der Waals surface area contributed by atoms with Crippen molar-refractivity contribution >= 4 is 44.7 Å². The summed E-state index contributed by atoms with van der Waals surface area (Å²) >= 11 is 3.14. The number of halogens is 2. The fourth-order valence-corrected chi connectivity index (χ4v) is 1.03. The minimum Gasteiger partial charge on any atom is -0.464 e. The number of hydrogen-bond acceptors (Lipinski definition) is 5. The molecular weight excluding hydrogens is 318 g/mol. The Morgan fingerprint density at radius 2 is 2.07 bits per heavy atom. The highest BCUT2D eigenvalue weighted by atomic mass is 79.9. The van der Waals surface area contributed by atoms with E-state index < -0.39 is 5.97 Å². The zero-order valence-corrected chi connectivity index (χ0v) is 10.9. The molecule has 5 nitrogen and oxygen atoms in total. The first kappa shape index (κ1) is 13.3. The van der Waals surface area contributed by atoms with Crippen LogP contribution in [0.1, 0.15) is 16.2 Å². The number of rotatable bonds is 1. The zero-order valence-electron chi connectivity index (χ0n) is 7.57. The molecule has 0 radical (unpaired) electrons. The smallest absolute Gasteiger partial charge is 0.360 e. The number of nitrogens with zero attached hydrogens (tertiary/aromatic N) is 2. The summed E-state index contributed by atoms with van der Waals surface area (Å²) < 4.78 is 4.96. The summed E-state index contributed by atoms with van der Waals surface area (Å²) in [4.78, 5) is 18.9. The lowest BCUT2D eigenvalue weighted by atomic mass is 10.4. The third-order valence-electron chi connectivity index (χ3n) is 1.42. The third kappa shape index (κ3) is 2.65. The Kier molecular flexibility index (Phi) is 5.00. The van der Waals surface area contributed by atoms with Crippen molar-refractivity contribution in [1.29, 1.82) is 0 Å². The normalized spacial score (nSPS) is 9.07. The third-order valence-corrected chi connectivity index (χ3v) is 2.17. The molecule has 0 aromatic carbocycles. The highest BCUT2D eigenvalue weighted by Gasteiger charge is 2.14. The first-order valence-corrected chi connectivity index (χ1v) is 4.23. The van der Waals surface area contributed by atoms with Crippen LogP contribution in [0.3, 0.4) is 0 Å². The molecule has 0 aliphatic carbocycles. The van der Waals surface area contributed by atoms with E-state index in [-0.39, 0.29) is 28.5 Å². The minimum absolute atomic E-state index is 0. The Balaban J connectivity index is 0.00000169. The van der Waals surface area contributed by atoms with E-state index >= 15 is 0 Å². The fourth-order valence-electron chi connectivity index (χ4n) is 0.763. The van der Waals surface area contributed by atoms with Crippen molar-refractivity contribution in [3.8, 4) is 0 Å². The lowest BCUT2D eigenvalue weighted by Crippen LogP contribution is -2.11. The van der Waals surface area contributed by atoms with Gasteiger partial charge in [-0.2, -0.15) is 0 Å². The Morgan fingerprint density at radius 3 is 2.57 bits per heavy atom. The van der Waals surface area contributed by atoms with Gasteiger partial charge in [0.05, 0.1) is 12.8 Å². The van der Waals surface area contributed by atoms with E-state index in [2.05, 4.69) is 30.6 Å². The van der Waals surface area contributed by atoms with Crippen LogP contribution in [0.5, 0.6) is 0 Å². The van der Waals surface area contributed by atoms with Gasteiger partial charge in [0.1, 0.15) is 4.60 Å². The number of nitrogens with two attached hydrogens (primary N) is 1. The van der Waals surface area contributed by atoms with Crippen molar-refractivity contribution in [3.63, 3.8) is 0 Å². The molecule has 0 amide bonds. The number of anilines is 1. The van der Waals surface area contributed by atoms with Gasteiger partial charge >= 0.3 is 5.97 Å². The number of aromatic nitrogens is 2. The summed E-state index contributed by atoms with van der Waals surface area (Å²) in [6.45, 7) is 1.73. The predicted molar refractivity (Wildman–Crippen MR) is 60.5 cm³/mol. The van der Waals surface area contributed by atoms with Gasteiger partial charge in [-0.05, 0) is 22.9 Å². The highest BCUT2D eigenvalue weighted by molar-refractivity contribution is 9.10. The number of esters is 1. The number of ether oxygens (including phenoxy) is 1. The van der Waals surface area contributed by atoms with Gasteiger partial charge in [-0.3, -0.25) is 0 Å². The minimum atomic E-state index is -0.592. The molecule has 0 bridgehead atoms. The second-order valence-electron chi connectivity index (χ2n) is 2.33. The van der Waals surface area contributed by atoms with Gasteiger partial charge in [-0.15, -0.1) is 17.0 Å². The number of methoxy groups -OCH3 is 1. The van der Waals surface area contributed by atoms with E-state index in [1.807, 2.05) is 0 Å².